The first-order chi connectivity index (χ1) is 13.8. The molecule has 0 radical (unpaired) electrons. The van der Waals surface area contributed by atoms with Crippen LogP contribution in [0.3, 0.4) is 0 Å². The Bertz CT molecular complexity index is 853. The Hall–Kier alpha value is -1.70. The van der Waals surface area contributed by atoms with Gasteiger partial charge in [0.25, 0.3) is 5.91 Å². The van der Waals surface area contributed by atoms with Crippen LogP contribution in [0.4, 0.5) is 0 Å². The van der Waals surface area contributed by atoms with Gasteiger partial charge in [-0.05, 0) is 32.6 Å². The first-order valence-electron chi connectivity index (χ1n) is 9.25. The largest absolute Gasteiger partial charge is 0.345 e. The summed E-state index contributed by atoms with van der Waals surface area (Å²) in [6.45, 7) is 9.88. The monoisotopic (exact) mass is 452 g/mol. The normalized spacial score (nSPS) is 12.8. The summed E-state index contributed by atoms with van der Waals surface area (Å²) in [5.74, 6) is -0.260. The third-order valence-electron chi connectivity index (χ3n) is 4.13. The lowest BCUT2D eigenvalue weighted by Crippen LogP contribution is -2.28. The van der Waals surface area contributed by atoms with Crippen LogP contribution in [0, 0.1) is 12.3 Å². The maximum atomic E-state index is 13.0. The fourth-order valence-corrected chi connectivity index (χ4v) is 4.59. The summed E-state index contributed by atoms with van der Waals surface area (Å²) >= 11 is 9.35. The van der Waals surface area contributed by atoms with Crippen LogP contribution in [0.1, 0.15) is 48.4 Å². The van der Waals surface area contributed by atoms with Gasteiger partial charge in [0.1, 0.15) is 10.9 Å². The lowest BCUT2D eigenvalue weighted by molar-refractivity contribution is 0.0948. The molecule has 29 heavy (non-hydrogen) atoms. The molecule has 0 aliphatic rings. The highest BCUT2D eigenvalue weighted by Crippen LogP contribution is 2.39. The zero-order chi connectivity index (χ0) is 22.0. The topological polar surface area (TPSA) is 70.2 Å². The number of halogens is 1. The zero-order valence-electron chi connectivity index (χ0n) is 17.6. The van der Waals surface area contributed by atoms with Gasteiger partial charge in [-0.2, -0.15) is 0 Å². The Morgan fingerprint density at radius 3 is 2.66 bits per heavy atom. The molecule has 0 bridgehead atoms. The summed E-state index contributed by atoms with van der Waals surface area (Å²) < 4.78 is 2.94. The Kier molecular flexibility index (Phi) is 11.2. The zero-order valence-corrected chi connectivity index (χ0v) is 20.0. The number of nitrogens with one attached hydrogen (secondary N) is 2. The molecule has 0 atom stereocenters. The van der Waals surface area contributed by atoms with Crippen molar-refractivity contribution < 1.29 is 4.79 Å². The van der Waals surface area contributed by atoms with Crippen LogP contribution in [-0.2, 0) is 7.05 Å². The highest BCUT2D eigenvalue weighted by Gasteiger charge is 2.23. The van der Waals surface area contributed by atoms with Crippen molar-refractivity contribution in [3.05, 3.63) is 51.7 Å². The van der Waals surface area contributed by atoms with Crippen molar-refractivity contribution in [1.82, 2.24) is 9.88 Å². The highest BCUT2D eigenvalue weighted by molar-refractivity contribution is 8.22. The van der Waals surface area contributed by atoms with Gasteiger partial charge in [0, 0.05) is 40.1 Å². The van der Waals surface area contributed by atoms with Crippen LogP contribution in [-0.4, -0.2) is 34.7 Å². The fraction of sp³-hybridized carbons (Fsp3) is 0.381. The summed E-state index contributed by atoms with van der Waals surface area (Å²) in [5, 5.41) is 11.3. The Morgan fingerprint density at radius 2 is 2.14 bits per heavy atom. The first kappa shape index (κ1) is 25.3. The summed E-state index contributed by atoms with van der Waals surface area (Å²) in [5.41, 5.74) is 2.64. The van der Waals surface area contributed by atoms with Gasteiger partial charge in [0.15, 0.2) is 0 Å². The fourth-order valence-electron chi connectivity index (χ4n) is 2.60. The smallest absolute Gasteiger partial charge is 0.268 e. The Morgan fingerprint density at radius 1 is 1.45 bits per heavy atom. The van der Waals surface area contributed by atoms with Crippen molar-refractivity contribution in [2.24, 2.45) is 12.0 Å². The summed E-state index contributed by atoms with van der Waals surface area (Å²) in [4.78, 5) is 18.2. The molecule has 0 aliphatic carbocycles. The van der Waals surface area contributed by atoms with Gasteiger partial charge in [-0.15, -0.1) is 11.8 Å². The number of aromatic nitrogens is 1. The molecule has 5 nitrogen and oxygen atoms in total. The number of aliphatic imine (C=N–C) groups is 1. The number of allylic oxidation sites excluding steroid dienone is 3. The number of carbonyl (C=O) groups is 1. The van der Waals surface area contributed by atoms with Gasteiger partial charge >= 0.3 is 0 Å². The quantitative estimate of drug-likeness (QED) is 0.250. The second-order valence-corrected chi connectivity index (χ2v) is 8.70. The molecule has 0 unspecified atom stereocenters. The van der Waals surface area contributed by atoms with Crippen LogP contribution in [0.2, 0.25) is 0 Å². The summed E-state index contributed by atoms with van der Waals surface area (Å²) in [6.07, 6.45) is 10.2. The highest BCUT2D eigenvalue weighted by atomic mass is 35.5. The second kappa shape index (κ2) is 12.8. The standard InChI is InChI=1S/C21H29ClN4OS2/c1-7-10-15(25-17(22)11-8-2)13-24-21(27)19-16(12-23)20(14(4)26(19)5)29-18(9-3)28-6/h7,9-10,12,23H,1,8,11,13H2,2-6H3,(H,24,27)/b15-10-,18-9+,23-12?,25-17?. The van der Waals surface area contributed by atoms with Crippen molar-refractivity contribution in [2.75, 3.05) is 12.8 Å². The van der Waals surface area contributed by atoms with E-state index in [2.05, 4.69) is 16.9 Å². The Balaban J connectivity index is 3.16. The van der Waals surface area contributed by atoms with Crippen LogP contribution in [0.15, 0.2) is 44.6 Å². The molecule has 2 N–H and O–H groups in total. The molecule has 0 saturated heterocycles. The van der Waals surface area contributed by atoms with Gasteiger partial charge in [0.2, 0.25) is 0 Å². The van der Waals surface area contributed by atoms with E-state index in [4.69, 9.17) is 17.0 Å². The minimum atomic E-state index is -0.260. The van der Waals surface area contributed by atoms with Gasteiger partial charge in [0.05, 0.1) is 12.2 Å². The lowest BCUT2D eigenvalue weighted by Gasteiger charge is -2.09. The number of rotatable bonds is 11. The third-order valence-corrected chi connectivity index (χ3v) is 6.95. The molecule has 1 heterocycles. The molecule has 1 aromatic heterocycles. The van der Waals surface area contributed by atoms with E-state index < -0.39 is 0 Å². The van der Waals surface area contributed by atoms with Gasteiger partial charge < -0.3 is 15.3 Å². The molecule has 1 amide bonds. The molecule has 0 spiro atoms. The lowest BCUT2D eigenvalue weighted by atomic mass is 10.2. The molecule has 0 aromatic carbocycles. The van der Waals surface area contributed by atoms with Gasteiger partial charge in [-0.3, -0.25) is 4.79 Å². The number of hydrogen-bond acceptors (Lipinski definition) is 5. The molecule has 0 saturated carbocycles. The molecule has 1 aromatic rings. The number of carbonyl (C=O) groups excluding carboxylic acids is 1. The predicted molar refractivity (Wildman–Crippen MR) is 130 cm³/mol. The second-order valence-electron chi connectivity index (χ2n) is 6.11. The van der Waals surface area contributed by atoms with E-state index in [0.29, 0.717) is 28.5 Å². The molecule has 158 valence electrons. The first-order valence-corrected chi connectivity index (χ1v) is 11.7. The molecule has 8 heteroatoms. The minimum absolute atomic E-state index is 0.222. The SMILES string of the molecule is C=C/C=C(/CNC(=O)c1c(C=N)c(S/C(=C/C)SC)c(C)n1C)N=C(Cl)CCC. The van der Waals surface area contributed by atoms with E-state index in [1.54, 1.807) is 35.7 Å². The van der Waals surface area contributed by atoms with Crippen molar-refractivity contribution in [3.8, 4) is 0 Å². The van der Waals surface area contributed by atoms with E-state index in [1.165, 1.54) is 6.21 Å². The number of thioether (sulfide) groups is 2. The van der Waals surface area contributed by atoms with Crippen molar-refractivity contribution in [2.45, 2.75) is 38.5 Å². The minimum Gasteiger partial charge on any atom is -0.345 e. The maximum Gasteiger partial charge on any atom is 0.268 e. The van der Waals surface area contributed by atoms with Crippen molar-refractivity contribution in [1.29, 1.82) is 5.41 Å². The molecular weight excluding hydrogens is 424 g/mol. The van der Waals surface area contributed by atoms with E-state index in [9.17, 15) is 4.79 Å². The van der Waals surface area contributed by atoms with Gasteiger partial charge in [-0.25, -0.2) is 4.99 Å². The van der Waals surface area contributed by atoms with E-state index >= 15 is 0 Å². The molecule has 0 aliphatic heterocycles. The van der Waals surface area contributed by atoms with Crippen LogP contribution < -0.4 is 5.32 Å². The molecule has 0 fully saturated rings. The van der Waals surface area contributed by atoms with E-state index in [1.807, 2.05) is 44.7 Å². The van der Waals surface area contributed by atoms with Crippen LogP contribution >= 0.6 is 35.1 Å². The average molecular weight is 453 g/mol. The third kappa shape index (κ3) is 6.94. The van der Waals surface area contributed by atoms with Crippen LogP contribution in [0.5, 0.6) is 0 Å². The molecule has 1 rings (SSSR count). The number of amides is 1. The number of hydrogen-bond donors (Lipinski definition) is 2. The van der Waals surface area contributed by atoms with Crippen LogP contribution in [0.25, 0.3) is 0 Å². The summed E-state index contributed by atoms with van der Waals surface area (Å²) in [6, 6.07) is 0. The van der Waals surface area contributed by atoms with E-state index in [0.717, 1.165) is 21.2 Å². The van der Waals surface area contributed by atoms with Gasteiger partial charge in [-0.1, -0.05) is 49.0 Å². The van der Waals surface area contributed by atoms with Crippen molar-refractivity contribution >= 4 is 52.4 Å². The number of nitrogens with zero attached hydrogens (tertiary/aromatic N) is 2. The summed E-state index contributed by atoms with van der Waals surface area (Å²) in [7, 11) is 1.84. The Labute approximate surface area is 187 Å². The van der Waals surface area contributed by atoms with Crippen molar-refractivity contribution in [3.63, 3.8) is 0 Å². The van der Waals surface area contributed by atoms with E-state index in [-0.39, 0.29) is 12.5 Å². The predicted octanol–water partition coefficient (Wildman–Crippen LogP) is 5.88. The average Bonchev–Trinajstić information content (AvgIpc) is 2.94. The molecular formula is C21H29ClN4OS2. The maximum absolute atomic E-state index is 13.0.